The van der Waals surface area contributed by atoms with Gasteiger partial charge >= 0.3 is 6.09 Å². The average molecular weight is 346 g/mol. The Morgan fingerprint density at radius 2 is 2.10 bits per heavy atom. The standard InChI is InChI=1S/C14H24BrN3O2/c1-14(2,3)20-13(19)18-7-4-5-12(6-8-18)17-10-11(15)9-16/h9-10,12H,4-8,16H2,1-3H3/b11-9+,17-10?. The molecule has 0 saturated carbocycles. The summed E-state index contributed by atoms with van der Waals surface area (Å²) in [6.07, 6.45) is 5.72. The molecule has 1 rings (SSSR count). The molecule has 1 heterocycles. The van der Waals surface area contributed by atoms with Gasteiger partial charge in [-0.1, -0.05) is 0 Å². The van der Waals surface area contributed by atoms with Crippen molar-refractivity contribution in [2.24, 2.45) is 10.7 Å². The van der Waals surface area contributed by atoms with Gasteiger partial charge in [-0.2, -0.15) is 0 Å². The molecule has 6 heteroatoms. The second kappa shape index (κ2) is 7.67. The van der Waals surface area contributed by atoms with Gasteiger partial charge in [0.05, 0.1) is 10.5 Å². The highest BCUT2D eigenvalue weighted by atomic mass is 79.9. The van der Waals surface area contributed by atoms with E-state index in [1.165, 1.54) is 6.20 Å². The van der Waals surface area contributed by atoms with E-state index in [1.54, 1.807) is 11.1 Å². The SMILES string of the molecule is CC(C)(C)OC(=O)N1CCCC(N=C/C(Br)=C\N)CC1. The molecule has 0 radical (unpaired) electrons. The second-order valence-corrected chi connectivity index (χ2v) is 6.80. The lowest BCUT2D eigenvalue weighted by Gasteiger charge is -2.26. The van der Waals surface area contributed by atoms with Crippen molar-refractivity contribution in [2.45, 2.75) is 51.7 Å². The predicted molar refractivity (Wildman–Crippen MR) is 85.1 cm³/mol. The molecular weight excluding hydrogens is 322 g/mol. The fourth-order valence-corrected chi connectivity index (χ4v) is 2.07. The largest absolute Gasteiger partial charge is 0.444 e. The number of likely N-dealkylation sites (tertiary alicyclic amines) is 1. The highest BCUT2D eigenvalue weighted by Gasteiger charge is 2.24. The minimum absolute atomic E-state index is 0.231. The number of halogens is 1. The monoisotopic (exact) mass is 345 g/mol. The molecule has 0 spiro atoms. The Bertz CT molecular complexity index is 388. The molecule has 5 nitrogen and oxygen atoms in total. The number of ether oxygens (including phenoxy) is 1. The molecule has 114 valence electrons. The maximum absolute atomic E-state index is 12.0. The summed E-state index contributed by atoms with van der Waals surface area (Å²) < 4.78 is 6.17. The first-order valence-corrected chi connectivity index (χ1v) is 7.69. The van der Waals surface area contributed by atoms with Crippen LogP contribution < -0.4 is 5.73 Å². The highest BCUT2D eigenvalue weighted by Crippen LogP contribution is 2.17. The molecule has 0 aromatic carbocycles. The van der Waals surface area contributed by atoms with E-state index in [9.17, 15) is 4.79 Å². The van der Waals surface area contributed by atoms with Crippen LogP contribution in [0.5, 0.6) is 0 Å². The van der Waals surface area contributed by atoms with Gasteiger partial charge in [0.2, 0.25) is 0 Å². The molecule has 2 N–H and O–H groups in total. The molecule has 1 atom stereocenters. The summed E-state index contributed by atoms with van der Waals surface area (Å²) in [6.45, 7) is 7.06. The molecule has 0 bridgehead atoms. The summed E-state index contributed by atoms with van der Waals surface area (Å²) in [5, 5.41) is 0. The number of carbonyl (C=O) groups excluding carboxylic acids is 1. The van der Waals surface area contributed by atoms with Crippen molar-refractivity contribution in [2.75, 3.05) is 13.1 Å². The third kappa shape index (κ3) is 6.41. The maximum Gasteiger partial charge on any atom is 0.410 e. The minimum Gasteiger partial charge on any atom is -0.444 e. The number of rotatable bonds is 2. The van der Waals surface area contributed by atoms with Crippen LogP contribution in [0.1, 0.15) is 40.0 Å². The predicted octanol–water partition coefficient (Wildman–Crippen LogP) is 3.04. The molecular formula is C14H24BrN3O2. The van der Waals surface area contributed by atoms with Gasteiger partial charge in [0.25, 0.3) is 0 Å². The van der Waals surface area contributed by atoms with Crippen molar-refractivity contribution in [3.8, 4) is 0 Å². The van der Waals surface area contributed by atoms with Crippen LogP contribution in [0.4, 0.5) is 4.79 Å². The highest BCUT2D eigenvalue weighted by molar-refractivity contribution is 9.12. The lowest BCUT2D eigenvalue weighted by Crippen LogP contribution is -2.37. The topological polar surface area (TPSA) is 67.9 Å². The van der Waals surface area contributed by atoms with Gasteiger partial charge < -0.3 is 15.4 Å². The zero-order valence-electron chi connectivity index (χ0n) is 12.4. The summed E-state index contributed by atoms with van der Waals surface area (Å²) in [5.41, 5.74) is 4.92. The molecule has 1 saturated heterocycles. The van der Waals surface area contributed by atoms with Gasteiger partial charge in [0.1, 0.15) is 5.60 Å². The summed E-state index contributed by atoms with van der Waals surface area (Å²) in [6, 6.07) is 0.231. The van der Waals surface area contributed by atoms with E-state index in [-0.39, 0.29) is 12.1 Å². The summed E-state index contributed by atoms with van der Waals surface area (Å²) in [7, 11) is 0. The third-order valence-electron chi connectivity index (χ3n) is 2.92. The zero-order chi connectivity index (χ0) is 15.2. The molecule has 1 amide bonds. The number of nitrogens with two attached hydrogens (primary N) is 1. The van der Waals surface area contributed by atoms with Crippen LogP contribution in [-0.2, 0) is 4.74 Å². The zero-order valence-corrected chi connectivity index (χ0v) is 14.0. The van der Waals surface area contributed by atoms with Crippen LogP contribution in [0.25, 0.3) is 0 Å². The third-order valence-corrected chi connectivity index (χ3v) is 3.39. The fourth-order valence-electron chi connectivity index (χ4n) is 1.96. The Hall–Kier alpha value is -1.04. The van der Waals surface area contributed by atoms with Crippen LogP contribution in [0.2, 0.25) is 0 Å². The molecule has 1 fully saturated rings. The van der Waals surface area contributed by atoms with Crippen molar-refractivity contribution in [3.05, 3.63) is 10.7 Å². The average Bonchev–Trinajstić information content (AvgIpc) is 2.59. The van der Waals surface area contributed by atoms with Crippen LogP contribution in [0, 0.1) is 0 Å². The summed E-state index contributed by atoms with van der Waals surface area (Å²) in [5.74, 6) is 0. The quantitative estimate of drug-likeness (QED) is 0.782. The van der Waals surface area contributed by atoms with Gasteiger partial charge in [-0.25, -0.2) is 4.79 Å². The van der Waals surface area contributed by atoms with Gasteiger partial charge in [-0.15, -0.1) is 0 Å². The number of amides is 1. The first-order chi connectivity index (χ1) is 9.31. The molecule has 20 heavy (non-hydrogen) atoms. The Labute approximate surface area is 129 Å². The molecule has 1 aliphatic heterocycles. The molecule has 0 aromatic heterocycles. The first-order valence-electron chi connectivity index (χ1n) is 6.90. The first kappa shape index (κ1) is 17.0. The van der Waals surface area contributed by atoms with E-state index in [0.29, 0.717) is 6.54 Å². The number of carbonyl (C=O) groups is 1. The second-order valence-electron chi connectivity index (χ2n) is 5.88. The van der Waals surface area contributed by atoms with Crippen molar-refractivity contribution < 1.29 is 9.53 Å². The van der Waals surface area contributed by atoms with E-state index >= 15 is 0 Å². The maximum atomic E-state index is 12.0. The number of hydrogen-bond donors (Lipinski definition) is 1. The van der Waals surface area contributed by atoms with E-state index < -0.39 is 5.60 Å². The lowest BCUT2D eigenvalue weighted by atomic mass is 10.1. The fraction of sp³-hybridized carbons (Fsp3) is 0.714. The Balaban J connectivity index is 2.51. The number of aliphatic imine (C=N–C) groups is 1. The van der Waals surface area contributed by atoms with Crippen molar-refractivity contribution in [1.82, 2.24) is 4.90 Å². The van der Waals surface area contributed by atoms with E-state index in [2.05, 4.69) is 20.9 Å². The Morgan fingerprint density at radius 3 is 2.70 bits per heavy atom. The van der Waals surface area contributed by atoms with Gasteiger partial charge in [-0.05, 0) is 56.0 Å². The van der Waals surface area contributed by atoms with Gasteiger partial charge in [-0.3, -0.25) is 4.99 Å². The van der Waals surface area contributed by atoms with Crippen LogP contribution in [0.15, 0.2) is 15.7 Å². The number of nitrogens with zero attached hydrogens (tertiary/aromatic N) is 2. The molecule has 1 unspecified atom stereocenters. The Kier molecular flexibility index (Phi) is 6.52. The smallest absolute Gasteiger partial charge is 0.410 e. The molecule has 1 aliphatic rings. The van der Waals surface area contributed by atoms with E-state index in [0.717, 1.165) is 30.3 Å². The van der Waals surface area contributed by atoms with Crippen LogP contribution in [-0.4, -0.2) is 41.9 Å². The van der Waals surface area contributed by atoms with Crippen molar-refractivity contribution in [3.63, 3.8) is 0 Å². The van der Waals surface area contributed by atoms with Crippen molar-refractivity contribution in [1.29, 1.82) is 0 Å². The number of hydrogen-bond acceptors (Lipinski definition) is 4. The summed E-state index contributed by atoms with van der Waals surface area (Å²) >= 11 is 3.29. The molecule has 0 aromatic rings. The van der Waals surface area contributed by atoms with E-state index in [1.807, 2.05) is 20.8 Å². The van der Waals surface area contributed by atoms with Gasteiger partial charge in [0.15, 0.2) is 0 Å². The summed E-state index contributed by atoms with van der Waals surface area (Å²) in [4.78, 5) is 18.3. The van der Waals surface area contributed by atoms with Crippen LogP contribution in [0.3, 0.4) is 0 Å². The number of allylic oxidation sites excluding steroid dienone is 1. The molecule has 0 aliphatic carbocycles. The normalized spacial score (nSPS) is 21.9. The van der Waals surface area contributed by atoms with Crippen LogP contribution >= 0.6 is 15.9 Å². The Morgan fingerprint density at radius 1 is 1.40 bits per heavy atom. The van der Waals surface area contributed by atoms with Gasteiger partial charge in [0, 0.05) is 25.5 Å². The van der Waals surface area contributed by atoms with E-state index in [4.69, 9.17) is 10.5 Å². The minimum atomic E-state index is -0.447. The van der Waals surface area contributed by atoms with Crippen molar-refractivity contribution >= 4 is 28.2 Å². The lowest BCUT2D eigenvalue weighted by molar-refractivity contribution is 0.0256.